The molecule has 0 saturated carbocycles. The van der Waals surface area contributed by atoms with E-state index in [4.69, 9.17) is 0 Å². The van der Waals surface area contributed by atoms with Gasteiger partial charge in [-0.3, -0.25) is 4.76 Å². The van der Waals surface area contributed by atoms with Gasteiger partial charge in [-0.05, 0) is 24.6 Å². The first-order valence-electron chi connectivity index (χ1n) is 4.61. The maximum Gasteiger partial charge on any atom is 0.188 e. The van der Waals surface area contributed by atoms with Gasteiger partial charge in [-0.2, -0.15) is 0 Å². The molecule has 0 aromatic heterocycles. The van der Waals surface area contributed by atoms with Crippen LogP contribution in [0.1, 0.15) is 5.56 Å². The summed E-state index contributed by atoms with van der Waals surface area (Å²) in [6.45, 7) is 2.05. The molecule has 6 heteroatoms. The number of hydroxylamine groups is 2. The Hall–Kier alpha value is -1.21. The molecule has 0 bridgehead atoms. The lowest BCUT2D eigenvalue weighted by Crippen LogP contribution is -2.47. The molecule has 0 aliphatic carbocycles. The van der Waals surface area contributed by atoms with Gasteiger partial charge in [0.05, 0.1) is 12.7 Å². The van der Waals surface area contributed by atoms with E-state index in [9.17, 15) is 9.60 Å². The normalized spacial score (nSPS) is 26.0. The highest BCUT2D eigenvalue weighted by atomic mass is 19.1. The molecule has 1 aromatic rings. The summed E-state index contributed by atoms with van der Waals surface area (Å²) in [6.07, 6.45) is 0. The second-order valence-electron chi connectivity index (χ2n) is 3.82. The Morgan fingerprint density at radius 3 is 2.87 bits per heavy atom. The van der Waals surface area contributed by atoms with Crippen molar-refractivity contribution in [3.05, 3.63) is 34.8 Å². The van der Waals surface area contributed by atoms with E-state index in [0.717, 1.165) is 5.56 Å². The maximum absolute atomic E-state index is 13.0. The molecule has 0 radical (unpaired) electrons. The van der Waals surface area contributed by atoms with Crippen molar-refractivity contribution >= 4 is 5.69 Å². The van der Waals surface area contributed by atoms with Crippen molar-refractivity contribution in [3.8, 4) is 0 Å². The number of quaternary nitrogens is 1. The van der Waals surface area contributed by atoms with Crippen LogP contribution in [0.15, 0.2) is 18.2 Å². The third kappa shape index (κ3) is 2.07. The lowest BCUT2D eigenvalue weighted by Gasteiger charge is -2.29. The van der Waals surface area contributed by atoms with E-state index in [2.05, 4.69) is 11.1 Å². The second-order valence-corrected chi connectivity index (χ2v) is 3.82. The number of nitrogens with one attached hydrogen (secondary N) is 2. The summed E-state index contributed by atoms with van der Waals surface area (Å²) >= 11 is 0. The van der Waals surface area contributed by atoms with Gasteiger partial charge in [-0.1, -0.05) is 11.6 Å². The summed E-state index contributed by atoms with van der Waals surface area (Å²) in [5.41, 5.74) is 6.81. The van der Waals surface area contributed by atoms with Gasteiger partial charge in [-0.15, -0.1) is 5.53 Å². The van der Waals surface area contributed by atoms with Gasteiger partial charge < -0.3 is 5.21 Å². The number of nitrogens with zero attached hydrogens (tertiary/aromatic N) is 2. The van der Waals surface area contributed by atoms with Crippen molar-refractivity contribution in [2.24, 2.45) is 0 Å². The van der Waals surface area contributed by atoms with Gasteiger partial charge in [-0.25, -0.2) is 9.40 Å². The molecule has 0 amide bonds. The molecule has 1 atom stereocenters. The largest absolute Gasteiger partial charge is 0.609 e. The molecule has 2 rings (SSSR count). The van der Waals surface area contributed by atoms with Crippen LogP contribution < -0.4 is 16.1 Å². The molecule has 1 heterocycles. The van der Waals surface area contributed by atoms with Gasteiger partial charge in [0, 0.05) is 0 Å². The van der Waals surface area contributed by atoms with Crippen LogP contribution in [0.5, 0.6) is 0 Å². The third-order valence-corrected chi connectivity index (χ3v) is 2.29. The fourth-order valence-corrected chi connectivity index (χ4v) is 1.52. The summed E-state index contributed by atoms with van der Waals surface area (Å²) in [4.78, 5) is 0. The Bertz CT molecular complexity index is 382. The van der Waals surface area contributed by atoms with Crippen LogP contribution in [0.3, 0.4) is 0 Å². The molecule has 1 saturated heterocycles. The van der Waals surface area contributed by atoms with Crippen LogP contribution in [0.2, 0.25) is 0 Å². The highest BCUT2D eigenvalue weighted by Crippen LogP contribution is 2.21. The molecule has 5 nitrogen and oxygen atoms in total. The zero-order valence-corrected chi connectivity index (χ0v) is 8.62. The zero-order valence-electron chi connectivity index (χ0n) is 8.62. The molecule has 0 spiro atoms. The van der Waals surface area contributed by atoms with Crippen LogP contribution >= 0.6 is 0 Å². The van der Waals surface area contributed by atoms with E-state index in [-0.39, 0.29) is 12.5 Å². The summed E-state index contributed by atoms with van der Waals surface area (Å²) < 4.78 is 12.4. The highest BCUT2D eigenvalue weighted by Gasteiger charge is 2.26. The Labute approximate surface area is 87.2 Å². The SMILES string of the molecule is Cc1ccc(F)cc1N1C[N+](C)([O-])NN1. The van der Waals surface area contributed by atoms with Crippen molar-refractivity contribution in [3.63, 3.8) is 0 Å². The fraction of sp³-hybridized carbons (Fsp3) is 0.333. The number of rotatable bonds is 1. The number of aryl methyl sites for hydroxylation is 1. The number of hydrogen-bond acceptors (Lipinski definition) is 4. The number of halogens is 1. The van der Waals surface area contributed by atoms with Crippen molar-refractivity contribution in [1.29, 1.82) is 0 Å². The second kappa shape index (κ2) is 3.42. The molecular formula is C9H13FN4O. The highest BCUT2D eigenvalue weighted by molar-refractivity contribution is 5.52. The maximum atomic E-state index is 13.0. The number of benzene rings is 1. The molecule has 1 aliphatic heterocycles. The molecule has 15 heavy (non-hydrogen) atoms. The lowest BCUT2D eigenvalue weighted by atomic mass is 10.2. The molecule has 1 aliphatic rings. The first-order chi connectivity index (χ1) is 6.98. The van der Waals surface area contributed by atoms with Crippen LogP contribution in [0.4, 0.5) is 10.1 Å². The Kier molecular flexibility index (Phi) is 2.35. The zero-order chi connectivity index (χ0) is 11.1. The van der Waals surface area contributed by atoms with Crippen molar-refractivity contribution in [2.45, 2.75) is 6.92 Å². The quantitative estimate of drug-likeness (QED) is 0.533. The average Bonchev–Trinajstić information content (AvgIpc) is 2.50. The van der Waals surface area contributed by atoms with Gasteiger partial charge >= 0.3 is 0 Å². The molecule has 2 N–H and O–H groups in total. The van der Waals surface area contributed by atoms with E-state index >= 15 is 0 Å². The minimum atomic E-state index is -0.629. The Balaban J connectivity index is 2.27. The minimum Gasteiger partial charge on any atom is -0.609 e. The average molecular weight is 212 g/mol. The first kappa shape index (κ1) is 10.3. The predicted octanol–water partition coefficient (Wildman–Crippen LogP) is 0.780. The topological polar surface area (TPSA) is 50.4 Å². The fourth-order valence-electron chi connectivity index (χ4n) is 1.52. The van der Waals surface area contributed by atoms with Crippen LogP contribution in [-0.2, 0) is 0 Å². The van der Waals surface area contributed by atoms with Crippen molar-refractivity contribution in [1.82, 2.24) is 11.1 Å². The van der Waals surface area contributed by atoms with Gasteiger partial charge in [0.15, 0.2) is 6.67 Å². The summed E-state index contributed by atoms with van der Waals surface area (Å²) in [5.74, 6) is -0.315. The van der Waals surface area contributed by atoms with Crippen molar-refractivity contribution in [2.75, 3.05) is 18.7 Å². The standard InChI is InChI=1S/C9H13FN4O/c1-7-3-4-8(10)5-9(7)13-6-14(2,15)12-11-13/h3-5,11-12H,6H2,1-2H3. The van der Waals surface area contributed by atoms with Crippen LogP contribution in [0, 0.1) is 17.9 Å². The van der Waals surface area contributed by atoms with Crippen LogP contribution in [0.25, 0.3) is 0 Å². The Morgan fingerprint density at radius 2 is 2.27 bits per heavy atom. The molecular weight excluding hydrogens is 199 g/mol. The summed E-state index contributed by atoms with van der Waals surface area (Å²) in [5, 5.41) is 13.1. The summed E-state index contributed by atoms with van der Waals surface area (Å²) in [6, 6.07) is 4.47. The number of hydrazine groups is 2. The van der Waals surface area contributed by atoms with Gasteiger partial charge in [0.25, 0.3) is 0 Å². The van der Waals surface area contributed by atoms with E-state index < -0.39 is 4.76 Å². The lowest BCUT2D eigenvalue weighted by molar-refractivity contribution is -0.895. The van der Waals surface area contributed by atoms with E-state index in [1.165, 1.54) is 19.2 Å². The summed E-state index contributed by atoms with van der Waals surface area (Å²) in [7, 11) is 1.47. The molecule has 1 fully saturated rings. The van der Waals surface area contributed by atoms with Gasteiger partial charge in [0.1, 0.15) is 5.82 Å². The Morgan fingerprint density at radius 1 is 1.53 bits per heavy atom. The predicted molar refractivity (Wildman–Crippen MR) is 54.3 cm³/mol. The first-order valence-corrected chi connectivity index (χ1v) is 4.61. The minimum absolute atomic E-state index is 0.185. The van der Waals surface area contributed by atoms with E-state index in [1.807, 2.05) is 6.92 Å². The molecule has 82 valence electrons. The third-order valence-electron chi connectivity index (χ3n) is 2.29. The molecule has 1 aromatic carbocycles. The van der Waals surface area contributed by atoms with Crippen LogP contribution in [-0.4, -0.2) is 18.5 Å². The van der Waals surface area contributed by atoms with Crippen molar-refractivity contribution < 1.29 is 9.15 Å². The monoisotopic (exact) mass is 212 g/mol. The number of anilines is 1. The van der Waals surface area contributed by atoms with Gasteiger partial charge in [0.2, 0.25) is 0 Å². The van der Waals surface area contributed by atoms with E-state index in [0.29, 0.717) is 5.69 Å². The van der Waals surface area contributed by atoms with E-state index in [1.54, 1.807) is 11.1 Å². The number of hydrogen-bond donors (Lipinski definition) is 2. The molecule has 1 unspecified atom stereocenters. The smallest absolute Gasteiger partial charge is 0.188 e.